The zero-order valence-corrected chi connectivity index (χ0v) is 21.2. The van der Waals surface area contributed by atoms with Gasteiger partial charge in [-0.25, -0.2) is 4.39 Å². The molecule has 0 bridgehead atoms. The fourth-order valence-electron chi connectivity index (χ4n) is 5.26. The van der Waals surface area contributed by atoms with Gasteiger partial charge in [-0.1, -0.05) is 51.9 Å². The number of benzene rings is 1. The van der Waals surface area contributed by atoms with E-state index in [1.165, 1.54) is 49.9 Å². The van der Waals surface area contributed by atoms with Crippen molar-refractivity contribution >= 4 is 17.7 Å². The molecule has 1 heterocycles. The number of carbonyl (C=O) groups is 3. The lowest BCUT2D eigenvalue weighted by Crippen LogP contribution is -2.55. The number of nitrogens with zero attached hydrogens (tertiary/aromatic N) is 1. The van der Waals surface area contributed by atoms with Gasteiger partial charge in [-0.3, -0.25) is 14.4 Å². The van der Waals surface area contributed by atoms with Crippen LogP contribution in [0.3, 0.4) is 0 Å². The number of carbonyl (C=O) groups excluding carboxylic acids is 3. The molecule has 3 amide bonds. The molecule has 1 aromatic rings. The van der Waals surface area contributed by atoms with Crippen molar-refractivity contribution in [3.63, 3.8) is 0 Å². The van der Waals surface area contributed by atoms with Crippen molar-refractivity contribution in [1.82, 2.24) is 15.5 Å². The molecule has 7 heteroatoms. The predicted octanol–water partition coefficient (Wildman–Crippen LogP) is 4.97. The molecule has 0 spiro atoms. The largest absolute Gasteiger partial charge is 0.351 e. The van der Waals surface area contributed by atoms with Crippen LogP contribution in [0.4, 0.5) is 4.39 Å². The summed E-state index contributed by atoms with van der Waals surface area (Å²) in [7, 11) is 0. The number of unbranched alkanes of at least 4 members (excludes halogenated alkanes) is 5. The molecule has 1 saturated carbocycles. The summed E-state index contributed by atoms with van der Waals surface area (Å²) < 4.78 is 13.2. The number of amides is 3. The number of hydrogen-bond acceptors (Lipinski definition) is 3. The van der Waals surface area contributed by atoms with E-state index in [2.05, 4.69) is 17.6 Å². The first-order chi connectivity index (χ1) is 17.0. The highest BCUT2D eigenvalue weighted by atomic mass is 19.1. The van der Waals surface area contributed by atoms with Crippen LogP contribution in [0.1, 0.15) is 101 Å². The SMILES string of the molecule is CCCCCCCCC(=O)N1CCCC(C(=O)N[C@@H]2CCCC[C@H]2NC(=O)c2ccc(F)cc2)C1. The zero-order valence-electron chi connectivity index (χ0n) is 21.2. The summed E-state index contributed by atoms with van der Waals surface area (Å²) in [5.41, 5.74) is 0.411. The van der Waals surface area contributed by atoms with E-state index in [4.69, 9.17) is 0 Å². The Morgan fingerprint density at radius 3 is 2.26 bits per heavy atom. The van der Waals surface area contributed by atoms with Crippen molar-refractivity contribution in [3.05, 3.63) is 35.6 Å². The van der Waals surface area contributed by atoms with Gasteiger partial charge in [-0.05, 0) is 56.4 Å². The molecular formula is C28H42FN3O3. The number of rotatable bonds is 11. The number of hydrogen-bond donors (Lipinski definition) is 2. The first-order valence-electron chi connectivity index (χ1n) is 13.6. The number of piperidine rings is 1. The molecule has 194 valence electrons. The van der Waals surface area contributed by atoms with Crippen LogP contribution in [-0.2, 0) is 9.59 Å². The highest BCUT2D eigenvalue weighted by Gasteiger charge is 2.33. The van der Waals surface area contributed by atoms with E-state index in [0.717, 1.165) is 57.9 Å². The second kappa shape index (κ2) is 14.2. The van der Waals surface area contributed by atoms with Crippen LogP contribution in [0.25, 0.3) is 0 Å². The number of nitrogens with one attached hydrogen (secondary N) is 2. The first-order valence-corrected chi connectivity index (χ1v) is 13.6. The Hall–Kier alpha value is -2.44. The highest BCUT2D eigenvalue weighted by molar-refractivity contribution is 5.94. The minimum Gasteiger partial charge on any atom is -0.351 e. The quantitative estimate of drug-likeness (QED) is 0.433. The topological polar surface area (TPSA) is 78.5 Å². The van der Waals surface area contributed by atoms with Gasteiger partial charge >= 0.3 is 0 Å². The molecular weight excluding hydrogens is 445 g/mol. The van der Waals surface area contributed by atoms with Gasteiger partial charge in [0.25, 0.3) is 5.91 Å². The van der Waals surface area contributed by atoms with Gasteiger partial charge in [0.1, 0.15) is 5.82 Å². The van der Waals surface area contributed by atoms with Crippen molar-refractivity contribution in [3.8, 4) is 0 Å². The Morgan fingerprint density at radius 2 is 1.54 bits per heavy atom. The van der Waals surface area contributed by atoms with Crippen LogP contribution in [0, 0.1) is 11.7 Å². The molecule has 1 aliphatic heterocycles. The lowest BCUT2D eigenvalue weighted by atomic mass is 9.88. The van der Waals surface area contributed by atoms with E-state index in [1.807, 2.05) is 4.90 Å². The maximum atomic E-state index is 13.2. The van der Waals surface area contributed by atoms with E-state index in [-0.39, 0.29) is 41.5 Å². The van der Waals surface area contributed by atoms with Crippen molar-refractivity contribution in [2.75, 3.05) is 13.1 Å². The van der Waals surface area contributed by atoms with Gasteiger partial charge in [0.15, 0.2) is 0 Å². The summed E-state index contributed by atoms with van der Waals surface area (Å²) in [5, 5.41) is 6.22. The smallest absolute Gasteiger partial charge is 0.251 e. The fraction of sp³-hybridized carbons (Fsp3) is 0.679. The van der Waals surface area contributed by atoms with Gasteiger partial charge in [0, 0.05) is 37.2 Å². The minimum absolute atomic E-state index is 0.0185. The third-order valence-electron chi connectivity index (χ3n) is 7.41. The number of likely N-dealkylation sites (tertiary alicyclic amines) is 1. The zero-order chi connectivity index (χ0) is 25.0. The van der Waals surface area contributed by atoms with Gasteiger partial charge < -0.3 is 15.5 Å². The Bertz CT molecular complexity index is 829. The van der Waals surface area contributed by atoms with E-state index in [0.29, 0.717) is 18.5 Å². The molecule has 2 N–H and O–H groups in total. The standard InChI is InChI=1S/C28H42FN3O3/c1-2-3-4-5-6-7-14-26(33)32-19-10-11-22(20-32)28(35)31-25-13-9-8-12-24(25)30-27(34)21-15-17-23(29)18-16-21/h15-18,22,24-25H,2-14,19-20H2,1H3,(H,30,34)(H,31,35)/t22?,24-,25-/m1/s1. The van der Waals surface area contributed by atoms with Crippen LogP contribution in [0.15, 0.2) is 24.3 Å². The van der Waals surface area contributed by atoms with Crippen molar-refractivity contribution in [2.24, 2.45) is 5.92 Å². The first kappa shape index (κ1) is 27.2. The molecule has 1 aliphatic carbocycles. The normalized spacial score (nSPS) is 22.5. The van der Waals surface area contributed by atoms with E-state index < -0.39 is 0 Å². The molecule has 2 fully saturated rings. The van der Waals surface area contributed by atoms with Crippen LogP contribution in [0.5, 0.6) is 0 Å². The van der Waals surface area contributed by atoms with E-state index in [1.54, 1.807) is 0 Å². The molecule has 0 radical (unpaired) electrons. The second-order valence-electron chi connectivity index (χ2n) is 10.2. The monoisotopic (exact) mass is 487 g/mol. The number of halogens is 1. The molecule has 3 rings (SSSR count). The molecule has 1 aromatic carbocycles. The lowest BCUT2D eigenvalue weighted by Gasteiger charge is -2.36. The van der Waals surface area contributed by atoms with Crippen LogP contribution in [0.2, 0.25) is 0 Å². The van der Waals surface area contributed by atoms with Crippen molar-refractivity contribution < 1.29 is 18.8 Å². The molecule has 2 aliphatic rings. The minimum atomic E-state index is -0.378. The third-order valence-corrected chi connectivity index (χ3v) is 7.41. The maximum Gasteiger partial charge on any atom is 0.251 e. The average Bonchev–Trinajstić information content (AvgIpc) is 2.87. The highest BCUT2D eigenvalue weighted by Crippen LogP contribution is 2.22. The summed E-state index contributed by atoms with van der Waals surface area (Å²) in [4.78, 5) is 40.3. The summed E-state index contributed by atoms with van der Waals surface area (Å²) in [6, 6.07) is 5.21. The van der Waals surface area contributed by atoms with Crippen LogP contribution >= 0.6 is 0 Å². The molecule has 35 heavy (non-hydrogen) atoms. The summed E-state index contributed by atoms with van der Waals surface area (Å²) in [6.45, 7) is 3.42. The lowest BCUT2D eigenvalue weighted by molar-refractivity contribution is -0.136. The van der Waals surface area contributed by atoms with Crippen molar-refractivity contribution in [1.29, 1.82) is 0 Å². The average molecular weight is 488 g/mol. The fourth-order valence-corrected chi connectivity index (χ4v) is 5.26. The van der Waals surface area contributed by atoms with Crippen LogP contribution < -0.4 is 10.6 Å². The van der Waals surface area contributed by atoms with Gasteiger partial charge in [0.05, 0.1) is 5.92 Å². The summed E-state index contributed by atoms with van der Waals surface area (Å²) in [6.07, 6.45) is 12.7. The van der Waals surface area contributed by atoms with Crippen LogP contribution in [-0.4, -0.2) is 47.8 Å². The van der Waals surface area contributed by atoms with Gasteiger partial charge in [0.2, 0.25) is 11.8 Å². The van der Waals surface area contributed by atoms with Gasteiger partial charge in [-0.15, -0.1) is 0 Å². The summed E-state index contributed by atoms with van der Waals surface area (Å²) in [5.74, 6) is -0.681. The van der Waals surface area contributed by atoms with E-state index >= 15 is 0 Å². The predicted molar refractivity (Wildman–Crippen MR) is 135 cm³/mol. The Labute approximate surface area is 209 Å². The Kier molecular flexibility index (Phi) is 11.0. The maximum absolute atomic E-state index is 13.2. The third kappa shape index (κ3) is 8.62. The molecule has 3 atom stereocenters. The Balaban J connectivity index is 1.47. The Morgan fingerprint density at radius 1 is 0.886 bits per heavy atom. The molecule has 1 unspecified atom stereocenters. The second-order valence-corrected chi connectivity index (χ2v) is 10.2. The summed E-state index contributed by atoms with van der Waals surface area (Å²) >= 11 is 0. The van der Waals surface area contributed by atoms with Crippen molar-refractivity contribution in [2.45, 2.75) is 102 Å². The molecule has 0 aromatic heterocycles. The molecule has 1 saturated heterocycles. The molecule has 6 nitrogen and oxygen atoms in total. The van der Waals surface area contributed by atoms with Gasteiger partial charge in [-0.2, -0.15) is 0 Å². The van der Waals surface area contributed by atoms with E-state index in [9.17, 15) is 18.8 Å².